The number of hydrogen-bond donors (Lipinski definition) is 1. The first-order chi connectivity index (χ1) is 15.4. The lowest BCUT2D eigenvalue weighted by Gasteiger charge is -2.32. The molecule has 0 amide bonds. The van der Waals surface area contributed by atoms with E-state index in [1.165, 1.54) is 0 Å². The molecule has 1 aliphatic carbocycles. The van der Waals surface area contributed by atoms with Crippen LogP contribution in [0.5, 0.6) is 0 Å². The van der Waals surface area contributed by atoms with Crippen molar-refractivity contribution in [3.63, 3.8) is 0 Å². The van der Waals surface area contributed by atoms with Crippen molar-refractivity contribution < 1.29 is 13.2 Å². The SMILES string of the molecule is CC(=O)c1ccc(-c2cc(NC3CCN(S(=O)(=O)C4CC4)CC3)c3cnccc3c2)cc1. The molecule has 0 bridgehead atoms. The molecule has 32 heavy (non-hydrogen) atoms. The highest BCUT2D eigenvalue weighted by molar-refractivity contribution is 7.90. The molecule has 0 radical (unpaired) electrons. The summed E-state index contributed by atoms with van der Waals surface area (Å²) in [4.78, 5) is 15.9. The average Bonchev–Trinajstić information content (AvgIpc) is 3.66. The molecule has 1 saturated heterocycles. The number of carbonyl (C=O) groups is 1. The Morgan fingerprint density at radius 3 is 2.38 bits per heavy atom. The normalized spacial score (nSPS) is 18.0. The number of nitrogens with zero attached hydrogens (tertiary/aromatic N) is 2. The van der Waals surface area contributed by atoms with Crippen LogP contribution in [-0.4, -0.2) is 47.9 Å². The van der Waals surface area contributed by atoms with Gasteiger partial charge in [-0.15, -0.1) is 0 Å². The summed E-state index contributed by atoms with van der Waals surface area (Å²) in [5.74, 6) is 0.0542. The molecule has 2 heterocycles. The second-order valence-electron chi connectivity index (χ2n) is 8.82. The number of rotatable bonds is 6. The Balaban J connectivity index is 1.39. The number of nitrogens with one attached hydrogen (secondary N) is 1. The standard InChI is InChI=1S/C25H27N3O3S/c1-17(29)18-2-4-19(5-3-18)21-14-20-8-11-26-16-24(20)25(15-21)27-22-9-12-28(13-10-22)32(30,31)23-6-7-23/h2-5,8,11,14-16,22-23,27H,6-7,9-10,12-13H2,1H3. The zero-order valence-corrected chi connectivity index (χ0v) is 18.9. The number of benzene rings is 2. The highest BCUT2D eigenvalue weighted by atomic mass is 32.2. The summed E-state index contributed by atoms with van der Waals surface area (Å²) in [6, 6.07) is 14.1. The van der Waals surface area contributed by atoms with Crippen molar-refractivity contribution in [3.8, 4) is 11.1 Å². The van der Waals surface area contributed by atoms with Crippen LogP contribution in [0.3, 0.4) is 0 Å². The van der Waals surface area contributed by atoms with Crippen LogP contribution >= 0.6 is 0 Å². The number of ketones is 1. The Labute approximate surface area is 188 Å². The number of anilines is 1. The number of sulfonamides is 1. The van der Waals surface area contributed by atoms with Crippen LogP contribution in [-0.2, 0) is 10.0 Å². The summed E-state index contributed by atoms with van der Waals surface area (Å²) in [6.45, 7) is 2.71. The van der Waals surface area contributed by atoms with Gasteiger partial charge in [0.1, 0.15) is 0 Å². The van der Waals surface area contributed by atoms with E-state index in [1.54, 1.807) is 17.4 Å². The minimum absolute atomic E-state index is 0.0542. The molecule has 6 nitrogen and oxygen atoms in total. The summed E-state index contributed by atoms with van der Waals surface area (Å²) >= 11 is 0. The van der Waals surface area contributed by atoms with Crippen molar-refractivity contribution in [1.29, 1.82) is 0 Å². The van der Waals surface area contributed by atoms with Gasteiger partial charge in [-0.05, 0) is 67.3 Å². The number of hydrogen-bond acceptors (Lipinski definition) is 5. The van der Waals surface area contributed by atoms with Crippen LogP contribution in [0.4, 0.5) is 5.69 Å². The molecule has 166 valence electrons. The summed E-state index contributed by atoms with van der Waals surface area (Å²) in [5.41, 5.74) is 3.81. The maximum atomic E-state index is 12.5. The third-order valence-corrected chi connectivity index (χ3v) is 8.90. The van der Waals surface area contributed by atoms with Crippen molar-refractivity contribution in [3.05, 3.63) is 60.4 Å². The minimum atomic E-state index is -3.10. The van der Waals surface area contributed by atoms with Crippen molar-refractivity contribution in [2.45, 2.75) is 43.9 Å². The molecule has 2 fully saturated rings. The molecule has 7 heteroatoms. The molecule has 0 atom stereocenters. The molecule has 3 aromatic rings. The van der Waals surface area contributed by atoms with Gasteiger partial charge < -0.3 is 5.32 Å². The highest BCUT2D eigenvalue weighted by Crippen LogP contribution is 2.34. The largest absolute Gasteiger partial charge is 0.382 e. The number of carbonyl (C=O) groups excluding carboxylic acids is 1. The predicted molar refractivity (Wildman–Crippen MR) is 127 cm³/mol. The highest BCUT2D eigenvalue weighted by Gasteiger charge is 2.41. The molecule has 1 aliphatic heterocycles. The van der Waals surface area contributed by atoms with Crippen molar-refractivity contribution in [2.24, 2.45) is 0 Å². The van der Waals surface area contributed by atoms with Gasteiger partial charge in [-0.25, -0.2) is 12.7 Å². The number of Topliss-reactive ketones (excluding diaryl/α,β-unsaturated/α-hetero) is 1. The van der Waals surface area contributed by atoms with Crippen LogP contribution in [0.1, 0.15) is 43.0 Å². The van der Waals surface area contributed by atoms with Crippen molar-refractivity contribution in [2.75, 3.05) is 18.4 Å². The zero-order chi connectivity index (χ0) is 22.3. The maximum Gasteiger partial charge on any atom is 0.216 e. The molecule has 0 unspecified atom stereocenters. The number of fused-ring (bicyclic) bond motifs is 1. The Kier molecular flexibility index (Phi) is 5.47. The summed E-state index contributed by atoms with van der Waals surface area (Å²) < 4.78 is 26.7. The molecular weight excluding hydrogens is 422 g/mol. The van der Waals surface area contributed by atoms with Gasteiger partial charge in [0.15, 0.2) is 5.78 Å². The first kappa shape index (κ1) is 21.1. The van der Waals surface area contributed by atoms with Crippen LogP contribution in [0.2, 0.25) is 0 Å². The number of pyridine rings is 1. The van der Waals surface area contributed by atoms with Gasteiger partial charge in [-0.1, -0.05) is 24.3 Å². The van der Waals surface area contributed by atoms with Gasteiger partial charge in [0.05, 0.1) is 5.25 Å². The number of piperidine rings is 1. The first-order valence-corrected chi connectivity index (χ1v) is 12.7. The molecule has 5 rings (SSSR count). The van der Waals surface area contributed by atoms with Gasteiger partial charge in [-0.3, -0.25) is 9.78 Å². The molecule has 1 N–H and O–H groups in total. The Hall–Kier alpha value is -2.77. The van der Waals surface area contributed by atoms with Gasteiger partial charge in [0, 0.05) is 48.2 Å². The van der Waals surface area contributed by atoms with E-state index in [2.05, 4.69) is 22.4 Å². The van der Waals surface area contributed by atoms with Gasteiger partial charge in [0.2, 0.25) is 10.0 Å². The topological polar surface area (TPSA) is 79.4 Å². The smallest absolute Gasteiger partial charge is 0.216 e. The molecular formula is C25H27N3O3S. The van der Waals surface area contributed by atoms with Crippen LogP contribution in [0.25, 0.3) is 21.9 Å². The van der Waals surface area contributed by atoms with E-state index in [9.17, 15) is 13.2 Å². The fourth-order valence-corrected chi connectivity index (χ4v) is 6.31. The Morgan fingerprint density at radius 2 is 1.72 bits per heavy atom. The molecule has 1 saturated carbocycles. The number of aromatic nitrogens is 1. The van der Waals surface area contributed by atoms with E-state index in [4.69, 9.17) is 0 Å². The van der Waals surface area contributed by atoms with Crippen molar-refractivity contribution >= 4 is 32.3 Å². The fraction of sp³-hybridized carbons (Fsp3) is 0.360. The van der Waals surface area contributed by atoms with E-state index >= 15 is 0 Å². The lowest BCUT2D eigenvalue weighted by atomic mass is 9.98. The van der Waals surface area contributed by atoms with Crippen LogP contribution in [0, 0.1) is 0 Å². The lowest BCUT2D eigenvalue weighted by molar-refractivity contribution is 0.101. The third kappa shape index (κ3) is 4.14. The summed E-state index contributed by atoms with van der Waals surface area (Å²) in [6.07, 6.45) is 6.83. The van der Waals surface area contributed by atoms with Crippen molar-refractivity contribution in [1.82, 2.24) is 9.29 Å². The molecule has 2 aliphatic rings. The maximum absolute atomic E-state index is 12.5. The summed E-state index contributed by atoms with van der Waals surface area (Å²) in [5, 5.41) is 5.65. The second-order valence-corrected chi connectivity index (χ2v) is 11.0. The lowest BCUT2D eigenvalue weighted by Crippen LogP contribution is -2.43. The van der Waals surface area contributed by atoms with Gasteiger partial charge in [-0.2, -0.15) is 0 Å². The third-order valence-electron chi connectivity index (χ3n) is 6.50. The molecule has 0 spiro atoms. The monoisotopic (exact) mass is 449 g/mol. The van der Waals surface area contributed by atoms with Crippen LogP contribution < -0.4 is 5.32 Å². The fourth-order valence-electron chi connectivity index (χ4n) is 4.43. The van der Waals surface area contributed by atoms with Gasteiger partial charge >= 0.3 is 0 Å². The van der Waals surface area contributed by atoms with E-state index in [0.717, 1.165) is 53.3 Å². The Bertz CT molecular complexity index is 1260. The summed E-state index contributed by atoms with van der Waals surface area (Å²) in [7, 11) is -3.10. The van der Waals surface area contributed by atoms with E-state index in [0.29, 0.717) is 18.7 Å². The molecule has 1 aromatic heterocycles. The quantitative estimate of drug-likeness (QED) is 0.562. The Morgan fingerprint density at radius 1 is 1.00 bits per heavy atom. The molecule has 2 aromatic carbocycles. The zero-order valence-electron chi connectivity index (χ0n) is 18.1. The van der Waals surface area contributed by atoms with Crippen LogP contribution in [0.15, 0.2) is 54.9 Å². The predicted octanol–water partition coefficient (Wildman–Crippen LogP) is 4.47. The van der Waals surface area contributed by atoms with Gasteiger partial charge in [0.25, 0.3) is 0 Å². The van der Waals surface area contributed by atoms with E-state index in [1.807, 2.05) is 36.5 Å². The first-order valence-electron chi connectivity index (χ1n) is 11.2. The average molecular weight is 450 g/mol. The minimum Gasteiger partial charge on any atom is -0.382 e. The van der Waals surface area contributed by atoms with E-state index in [-0.39, 0.29) is 17.1 Å². The second kappa shape index (κ2) is 8.30. The van der Waals surface area contributed by atoms with E-state index < -0.39 is 10.0 Å².